The third kappa shape index (κ3) is 4.18. The van der Waals surface area contributed by atoms with Gasteiger partial charge in [-0.25, -0.2) is 9.97 Å². The van der Waals surface area contributed by atoms with Crippen LogP contribution in [0.25, 0.3) is 0 Å². The van der Waals surface area contributed by atoms with Gasteiger partial charge >= 0.3 is 5.69 Å². The summed E-state index contributed by atoms with van der Waals surface area (Å²) in [6.07, 6.45) is 2.21. The fourth-order valence-electron chi connectivity index (χ4n) is 1.55. The number of nitro groups is 1. The molecule has 0 radical (unpaired) electrons. The van der Waals surface area contributed by atoms with E-state index in [1.165, 1.54) is 0 Å². The molecule has 0 amide bonds. The van der Waals surface area contributed by atoms with Gasteiger partial charge in [0.05, 0.1) is 4.92 Å². The summed E-state index contributed by atoms with van der Waals surface area (Å²) in [5, 5.41) is 19.3. The van der Waals surface area contributed by atoms with Crippen molar-refractivity contribution < 1.29 is 14.1 Å². The Kier molecular flexibility index (Phi) is 4.87. The average molecular weight is 366 g/mol. The second-order valence-corrected chi connectivity index (χ2v) is 5.64. The number of benzene rings is 1. The maximum atomic E-state index is 10.5. The maximum absolute atomic E-state index is 10.5. The molecule has 0 aliphatic carbocycles. The average Bonchev–Trinajstić information content (AvgIpc) is 3.02. The molecule has 3 aromatic rings. The Labute approximate surface area is 144 Å². The van der Waals surface area contributed by atoms with Crippen molar-refractivity contribution in [3.8, 4) is 5.75 Å². The van der Waals surface area contributed by atoms with Crippen LogP contribution in [0.5, 0.6) is 5.75 Å². The van der Waals surface area contributed by atoms with Crippen molar-refractivity contribution in [3.63, 3.8) is 0 Å². The van der Waals surface area contributed by atoms with Crippen molar-refractivity contribution in [2.75, 3.05) is 0 Å². The molecule has 0 aliphatic heterocycles. The molecule has 0 aliphatic rings. The van der Waals surface area contributed by atoms with Crippen LogP contribution < -0.4 is 4.74 Å². The van der Waals surface area contributed by atoms with E-state index < -0.39 is 4.92 Å². The SMILES string of the molecule is O=[N+]([O-])c1cnc(Sc2nnc(COc3ccc(Cl)cc3)o2)nc1. The fourth-order valence-corrected chi connectivity index (χ4v) is 2.26. The molecule has 0 saturated heterocycles. The van der Waals surface area contributed by atoms with E-state index >= 15 is 0 Å². The summed E-state index contributed by atoms with van der Waals surface area (Å²) in [5.74, 6) is 0.889. The predicted molar refractivity (Wildman–Crippen MR) is 82.9 cm³/mol. The van der Waals surface area contributed by atoms with Gasteiger partial charge in [-0.2, -0.15) is 0 Å². The number of nitrogens with zero attached hydrogens (tertiary/aromatic N) is 5. The number of hydrogen-bond donors (Lipinski definition) is 0. The van der Waals surface area contributed by atoms with E-state index in [9.17, 15) is 10.1 Å². The monoisotopic (exact) mass is 365 g/mol. The van der Waals surface area contributed by atoms with Crippen LogP contribution >= 0.6 is 23.4 Å². The van der Waals surface area contributed by atoms with Gasteiger partial charge in [-0.05, 0) is 24.3 Å². The topological polar surface area (TPSA) is 117 Å². The van der Waals surface area contributed by atoms with E-state index in [1.807, 2.05) is 0 Å². The lowest BCUT2D eigenvalue weighted by molar-refractivity contribution is -0.385. The van der Waals surface area contributed by atoms with E-state index in [-0.39, 0.29) is 28.6 Å². The molecule has 0 saturated carbocycles. The number of hydrogen-bond acceptors (Lipinski definition) is 9. The van der Waals surface area contributed by atoms with Crippen LogP contribution in [0, 0.1) is 10.1 Å². The Hall–Kier alpha value is -2.72. The van der Waals surface area contributed by atoms with Gasteiger partial charge in [0.1, 0.15) is 18.1 Å². The molecule has 2 heterocycles. The van der Waals surface area contributed by atoms with Gasteiger partial charge in [-0.15, -0.1) is 10.2 Å². The van der Waals surface area contributed by atoms with Crippen molar-refractivity contribution in [2.24, 2.45) is 0 Å². The molecule has 2 aromatic heterocycles. The molecule has 3 rings (SSSR count). The summed E-state index contributed by atoms with van der Waals surface area (Å²) in [5.41, 5.74) is -0.193. The molecule has 0 fully saturated rings. The van der Waals surface area contributed by atoms with Gasteiger partial charge in [-0.1, -0.05) is 11.6 Å². The summed E-state index contributed by atoms with van der Waals surface area (Å²) in [6, 6.07) is 6.86. The Balaban J connectivity index is 1.58. The first-order valence-corrected chi connectivity index (χ1v) is 7.64. The van der Waals surface area contributed by atoms with Crippen molar-refractivity contribution >= 4 is 29.1 Å². The van der Waals surface area contributed by atoms with E-state index in [2.05, 4.69) is 20.2 Å². The van der Waals surface area contributed by atoms with Crippen molar-refractivity contribution in [1.29, 1.82) is 0 Å². The van der Waals surface area contributed by atoms with Crippen LogP contribution in [-0.4, -0.2) is 25.1 Å². The first-order valence-electron chi connectivity index (χ1n) is 6.45. The van der Waals surface area contributed by atoms with Crippen molar-refractivity contribution in [3.05, 3.63) is 57.7 Å². The molecule has 0 bridgehead atoms. The highest BCUT2D eigenvalue weighted by Gasteiger charge is 2.12. The van der Waals surface area contributed by atoms with Gasteiger partial charge in [0, 0.05) is 16.8 Å². The van der Waals surface area contributed by atoms with Crippen LogP contribution in [0.1, 0.15) is 5.89 Å². The normalized spacial score (nSPS) is 10.5. The maximum Gasteiger partial charge on any atom is 0.305 e. The lowest BCUT2D eigenvalue weighted by atomic mass is 10.3. The lowest BCUT2D eigenvalue weighted by Gasteiger charge is -2.02. The molecular formula is C13H8ClN5O4S. The molecule has 24 heavy (non-hydrogen) atoms. The summed E-state index contributed by atoms with van der Waals surface area (Å²) in [6.45, 7) is 0.0936. The van der Waals surface area contributed by atoms with Gasteiger partial charge < -0.3 is 9.15 Å². The minimum Gasteiger partial charge on any atom is -0.484 e. The number of aromatic nitrogens is 4. The molecule has 0 spiro atoms. The van der Waals surface area contributed by atoms with E-state index in [0.717, 1.165) is 24.2 Å². The third-order valence-electron chi connectivity index (χ3n) is 2.63. The molecule has 122 valence electrons. The van der Waals surface area contributed by atoms with Crippen LogP contribution in [-0.2, 0) is 6.61 Å². The van der Waals surface area contributed by atoms with E-state index in [4.69, 9.17) is 20.8 Å². The third-order valence-corrected chi connectivity index (χ3v) is 3.61. The molecule has 1 aromatic carbocycles. The van der Waals surface area contributed by atoms with Crippen LogP contribution in [0.15, 0.2) is 51.5 Å². The van der Waals surface area contributed by atoms with E-state index in [0.29, 0.717) is 10.8 Å². The van der Waals surface area contributed by atoms with Crippen molar-refractivity contribution in [1.82, 2.24) is 20.2 Å². The first-order chi connectivity index (χ1) is 11.6. The predicted octanol–water partition coefficient (Wildman–Crippen LogP) is 3.15. The first kappa shape index (κ1) is 16.1. The summed E-state index contributed by atoms with van der Waals surface area (Å²) < 4.78 is 10.9. The Morgan fingerprint density at radius 1 is 1.21 bits per heavy atom. The zero-order valence-corrected chi connectivity index (χ0v) is 13.4. The molecule has 11 heteroatoms. The number of halogens is 1. The number of rotatable bonds is 6. The van der Waals surface area contributed by atoms with Gasteiger partial charge in [-0.3, -0.25) is 10.1 Å². The van der Waals surface area contributed by atoms with E-state index in [1.54, 1.807) is 24.3 Å². The zero-order valence-electron chi connectivity index (χ0n) is 11.8. The fraction of sp³-hybridized carbons (Fsp3) is 0.0769. The standard InChI is InChI=1S/C13H8ClN5O4S/c14-8-1-3-10(4-2-8)22-7-11-17-18-13(23-11)24-12-15-5-9(6-16-12)19(20)21/h1-6H,7H2. The minimum atomic E-state index is -0.576. The highest BCUT2D eigenvalue weighted by atomic mass is 35.5. The highest BCUT2D eigenvalue weighted by molar-refractivity contribution is 7.98. The van der Waals surface area contributed by atoms with Gasteiger partial charge in [0.2, 0.25) is 0 Å². The van der Waals surface area contributed by atoms with Gasteiger partial charge in [0.25, 0.3) is 11.1 Å². The summed E-state index contributed by atoms with van der Waals surface area (Å²) in [7, 11) is 0. The Morgan fingerprint density at radius 3 is 2.58 bits per heavy atom. The molecule has 0 atom stereocenters. The van der Waals surface area contributed by atoms with Crippen molar-refractivity contribution in [2.45, 2.75) is 17.0 Å². The highest BCUT2D eigenvalue weighted by Crippen LogP contribution is 2.24. The Morgan fingerprint density at radius 2 is 1.92 bits per heavy atom. The second kappa shape index (κ2) is 7.23. The minimum absolute atomic E-state index is 0.0936. The summed E-state index contributed by atoms with van der Waals surface area (Å²) >= 11 is 6.78. The van der Waals surface area contributed by atoms with Gasteiger partial charge in [0.15, 0.2) is 11.8 Å². The molecular weight excluding hydrogens is 358 g/mol. The Bertz CT molecular complexity index is 840. The van der Waals surface area contributed by atoms with Crippen LogP contribution in [0.3, 0.4) is 0 Å². The molecule has 9 nitrogen and oxygen atoms in total. The smallest absolute Gasteiger partial charge is 0.305 e. The summed E-state index contributed by atoms with van der Waals surface area (Å²) in [4.78, 5) is 17.7. The lowest BCUT2D eigenvalue weighted by Crippen LogP contribution is -1.95. The van der Waals surface area contributed by atoms with Crippen LogP contribution in [0.4, 0.5) is 5.69 Å². The zero-order chi connectivity index (χ0) is 16.9. The quantitative estimate of drug-likeness (QED) is 0.368. The van der Waals surface area contributed by atoms with Crippen LogP contribution in [0.2, 0.25) is 5.02 Å². The second-order valence-electron chi connectivity index (χ2n) is 4.29. The molecule has 0 unspecified atom stereocenters. The molecule has 0 N–H and O–H groups in total. The largest absolute Gasteiger partial charge is 0.484 e. The number of ether oxygens (including phenoxy) is 1.